The van der Waals surface area contributed by atoms with Crippen LogP contribution in [0.4, 0.5) is 5.69 Å². The summed E-state index contributed by atoms with van der Waals surface area (Å²) in [6.45, 7) is 2.57. The van der Waals surface area contributed by atoms with Crippen molar-refractivity contribution in [1.82, 2.24) is 9.78 Å². The van der Waals surface area contributed by atoms with Crippen LogP contribution in [0.2, 0.25) is 5.02 Å². The summed E-state index contributed by atoms with van der Waals surface area (Å²) < 4.78 is 7.87. The number of anilines is 1. The maximum atomic E-state index is 12.7. The average Bonchev–Trinajstić information content (AvgIpc) is 3.52. The zero-order chi connectivity index (χ0) is 30.1. The molecular weight excluding hydrogens is 566 g/mol. The van der Waals surface area contributed by atoms with Crippen LogP contribution in [-0.2, 0) is 10.3 Å². The fraction of sp³-hybridized carbons (Fsp3) is 0.105. The first-order valence-electron chi connectivity index (χ1n) is 14.7. The summed E-state index contributed by atoms with van der Waals surface area (Å²) in [4.78, 5) is 14.5. The van der Waals surface area contributed by atoms with Gasteiger partial charge in [0.25, 0.3) is 5.91 Å². The summed E-state index contributed by atoms with van der Waals surface area (Å²) >= 11 is 6.53. The van der Waals surface area contributed by atoms with E-state index in [9.17, 15) is 4.79 Å². The minimum Gasteiger partial charge on any atom is -0.482 e. The molecule has 6 heteroatoms. The van der Waals surface area contributed by atoms with Gasteiger partial charge in [0.15, 0.2) is 6.61 Å². The van der Waals surface area contributed by atoms with Crippen molar-refractivity contribution in [2.45, 2.75) is 12.5 Å². The Labute approximate surface area is 261 Å². The Hall–Kier alpha value is -5.13. The van der Waals surface area contributed by atoms with Crippen molar-refractivity contribution >= 4 is 23.2 Å². The highest BCUT2D eigenvalue weighted by molar-refractivity contribution is 6.30. The van der Waals surface area contributed by atoms with Gasteiger partial charge in [0, 0.05) is 28.9 Å². The molecule has 0 saturated carbocycles. The lowest BCUT2D eigenvalue weighted by Gasteiger charge is -2.36. The molecule has 0 fully saturated rings. The highest BCUT2D eigenvalue weighted by Crippen LogP contribution is 2.44. The van der Waals surface area contributed by atoms with E-state index in [0.717, 1.165) is 44.8 Å². The van der Waals surface area contributed by atoms with Crippen molar-refractivity contribution < 1.29 is 9.53 Å². The molecule has 44 heavy (non-hydrogen) atoms. The largest absolute Gasteiger partial charge is 0.482 e. The Kier molecular flexibility index (Phi) is 7.24. The SMILES string of the molecule is CCN1C(=O)COc2ccc(-c3cn(C(c4ccccc4)(c4ccccc4)c4ccccc4)nc3-c3cccc(Cl)c3)cc21. The van der Waals surface area contributed by atoms with E-state index in [1.165, 1.54) is 0 Å². The van der Waals surface area contributed by atoms with E-state index < -0.39 is 5.54 Å². The second kappa shape index (κ2) is 11.5. The van der Waals surface area contributed by atoms with E-state index in [1.54, 1.807) is 4.90 Å². The normalized spacial score (nSPS) is 13.0. The standard InChI is InChI=1S/C38H30ClN3O2/c1-2-41-34-24-27(21-22-35(34)44-26-36(41)43)33-25-42(40-37(33)28-13-12-20-32(39)23-28)38(29-14-6-3-7-15-29,30-16-8-4-9-17-30)31-18-10-5-11-19-31/h3-25H,2,26H2,1H3. The lowest BCUT2D eigenvalue weighted by Crippen LogP contribution is -2.38. The smallest absolute Gasteiger partial charge is 0.265 e. The van der Waals surface area contributed by atoms with Gasteiger partial charge in [-0.15, -0.1) is 0 Å². The van der Waals surface area contributed by atoms with Gasteiger partial charge in [0.05, 0.1) is 5.69 Å². The monoisotopic (exact) mass is 595 g/mol. The number of amides is 1. The molecule has 0 radical (unpaired) electrons. The number of carbonyl (C=O) groups is 1. The Balaban J connectivity index is 1.55. The quantitative estimate of drug-likeness (QED) is 0.174. The maximum Gasteiger partial charge on any atom is 0.265 e. The zero-order valence-corrected chi connectivity index (χ0v) is 25.0. The van der Waals surface area contributed by atoms with E-state index in [4.69, 9.17) is 21.4 Å². The van der Waals surface area contributed by atoms with E-state index in [-0.39, 0.29) is 12.5 Å². The summed E-state index contributed by atoms with van der Waals surface area (Å²) in [5, 5.41) is 6.04. The Morgan fingerprint density at radius 3 is 1.93 bits per heavy atom. The van der Waals surface area contributed by atoms with Gasteiger partial charge in [-0.25, -0.2) is 0 Å². The number of carbonyl (C=O) groups excluding carboxylic acids is 1. The number of ether oxygens (including phenoxy) is 1. The van der Waals surface area contributed by atoms with Gasteiger partial charge in [0.2, 0.25) is 0 Å². The molecule has 0 atom stereocenters. The molecule has 1 aliphatic heterocycles. The Bertz CT molecular complexity index is 1840. The summed E-state index contributed by atoms with van der Waals surface area (Å²) in [5.41, 5.74) is 6.70. The van der Waals surface area contributed by atoms with Crippen LogP contribution in [0, 0.1) is 0 Å². The molecule has 7 rings (SSSR count). The molecule has 0 bridgehead atoms. The maximum absolute atomic E-state index is 12.7. The molecule has 1 amide bonds. The number of nitrogens with zero attached hydrogens (tertiary/aromatic N) is 3. The van der Waals surface area contributed by atoms with Crippen LogP contribution in [0.15, 0.2) is 140 Å². The molecule has 5 nitrogen and oxygen atoms in total. The van der Waals surface area contributed by atoms with E-state index >= 15 is 0 Å². The number of aromatic nitrogens is 2. The summed E-state index contributed by atoms with van der Waals surface area (Å²) in [6, 6.07) is 45.2. The van der Waals surface area contributed by atoms with E-state index in [1.807, 2.05) is 67.6 Å². The third-order valence-corrected chi connectivity index (χ3v) is 8.49. The van der Waals surface area contributed by atoms with Gasteiger partial charge in [-0.1, -0.05) is 121 Å². The van der Waals surface area contributed by atoms with Crippen molar-refractivity contribution in [3.63, 3.8) is 0 Å². The van der Waals surface area contributed by atoms with Gasteiger partial charge in [-0.05, 0) is 53.4 Å². The van der Waals surface area contributed by atoms with Crippen LogP contribution in [-0.4, -0.2) is 28.8 Å². The van der Waals surface area contributed by atoms with Crippen molar-refractivity contribution in [1.29, 1.82) is 0 Å². The summed E-state index contributed by atoms with van der Waals surface area (Å²) in [7, 11) is 0. The number of benzene rings is 5. The van der Waals surface area contributed by atoms with Gasteiger partial charge < -0.3 is 9.64 Å². The minimum atomic E-state index is -0.794. The number of fused-ring (bicyclic) bond motifs is 1. The zero-order valence-electron chi connectivity index (χ0n) is 24.2. The Morgan fingerprint density at radius 1 is 0.750 bits per heavy atom. The average molecular weight is 596 g/mol. The molecule has 0 saturated heterocycles. The van der Waals surface area contributed by atoms with Crippen LogP contribution in [0.5, 0.6) is 5.75 Å². The second-order valence-electron chi connectivity index (χ2n) is 10.8. The minimum absolute atomic E-state index is 0.0413. The van der Waals surface area contributed by atoms with Crippen LogP contribution in [0.3, 0.4) is 0 Å². The van der Waals surface area contributed by atoms with Gasteiger partial charge >= 0.3 is 0 Å². The van der Waals surface area contributed by atoms with Crippen LogP contribution < -0.4 is 9.64 Å². The van der Waals surface area contributed by atoms with Gasteiger partial charge in [-0.3, -0.25) is 9.48 Å². The summed E-state index contributed by atoms with van der Waals surface area (Å²) in [5.74, 6) is 0.637. The number of hydrogen-bond acceptors (Lipinski definition) is 3. The highest BCUT2D eigenvalue weighted by atomic mass is 35.5. The molecule has 0 unspecified atom stereocenters. The van der Waals surface area contributed by atoms with Crippen LogP contribution in [0.25, 0.3) is 22.4 Å². The lowest BCUT2D eigenvalue weighted by atomic mass is 9.77. The molecule has 216 valence electrons. The number of halogens is 1. The fourth-order valence-electron chi connectivity index (χ4n) is 6.26. The van der Waals surface area contributed by atoms with Crippen molar-refractivity contribution in [3.05, 3.63) is 161 Å². The van der Waals surface area contributed by atoms with E-state index in [0.29, 0.717) is 17.3 Å². The fourth-order valence-corrected chi connectivity index (χ4v) is 6.45. The molecule has 0 N–H and O–H groups in total. The first-order valence-corrected chi connectivity index (χ1v) is 15.1. The van der Waals surface area contributed by atoms with Crippen LogP contribution in [0.1, 0.15) is 23.6 Å². The number of likely N-dealkylation sites (N-methyl/N-ethyl adjacent to an activating group) is 1. The summed E-state index contributed by atoms with van der Waals surface area (Å²) in [6.07, 6.45) is 2.12. The predicted octanol–water partition coefficient (Wildman–Crippen LogP) is 8.46. The number of rotatable bonds is 7. The molecule has 1 aromatic heterocycles. The molecule has 1 aliphatic rings. The first-order chi connectivity index (χ1) is 21.6. The van der Waals surface area contributed by atoms with Crippen molar-refractivity contribution in [2.75, 3.05) is 18.1 Å². The first kappa shape index (κ1) is 27.7. The topological polar surface area (TPSA) is 47.4 Å². The Morgan fingerprint density at radius 2 is 1.36 bits per heavy atom. The van der Waals surface area contributed by atoms with Crippen molar-refractivity contribution in [2.24, 2.45) is 0 Å². The molecule has 0 spiro atoms. The van der Waals surface area contributed by atoms with Gasteiger partial charge in [-0.2, -0.15) is 5.10 Å². The second-order valence-corrected chi connectivity index (χ2v) is 11.2. The molecule has 6 aromatic rings. The molecule has 0 aliphatic carbocycles. The van der Waals surface area contributed by atoms with E-state index in [2.05, 4.69) is 83.7 Å². The third-order valence-electron chi connectivity index (χ3n) is 8.26. The lowest BCUT2D eigenvalue weighted by molar-refractivity contribution is -0.121. The van der Waals surface area contributed by atoms with Gasteiger partial charge in [0.1, 0.15) is 17.0 Å². The van der Waals surface area contributed by atoms with Crippen LogP contribution >= 0.6 is 11.6 Å². The van der Waals surface area contributed by atoms with Crippen molar-refractivity contribution in [3.8, 4) is 28.1 Å². The highest BCUT2D eigenvalue weighted by Gasteiger charge is 2.40. The molecular formula is C38H30ClN3O2. The molecule has 5 aromatic carbocycles. The third kappa shape index (κ3) is 4.66. The number of hydrogen-bond donors (Lipinski definition) is 0. The molecule has 2 heterocycles. The predicted molar refractivity (Wildman–Crippen MR) is 176 cm³/mol.